The molecule has 4 heteroatoms. The van der Waals surface area contributed by atoms with E-state index >= 15 is 0 Å². The monoisotopic (exact) mass is 225 g/mol. The Balaban J connectivity index is 2.51. The summed E-state index contributed by atoms with van der Waals surface area (Å²) >= 11 is 0. The molecule has 1 aromatic heterocycles. The quantitative estimate of drug-likeness (QED) is 0.683. The molecule has 1 rings (SSSR count). The molecule has 16 heavy (non-hydrogen) atoms. The summed E-state index contributed by atoms with van der Waals surface area (Å²) in [6.07, 6.45) is 4.15. The van der Waals surface area contributed by atoms with Gasteiger partial charge in [-0.1, -0.05) is 13.8 Å². The Hall–Kier alpha value is -0.870. The van der Waals surface area contributed by atoms with Crippen molar-refractivity contribution in [3.05, 3.63) is 17.5 Å². The van der Waals surface area contributed by atoms with Gasteiger partial charge in [0.2, 0.25) is 0 Å². The van der Waals surface area contributed by atoms with Crippen molar-refractivity contribution in [2.45, 2.75) is 39.8 Å². The van der Waals surface area contributed by atoms with Gasteiger partial charge in [-0.05, 0) is 12.8 Å². The van der Waals surface area contributed by atoms with Gasteiger partial charge in [0.1, 0.15) is 0 Å². The number of aromatic nitrogens is 2. The van der Waals surface area contributed by atoms with Crippen molar-refractivity contribution in [3.8, 4) is 0 Å². The fourth-order valence-corrected chi connectivity index (χ4v) is 1.81. The van der Waals surface area contributed by atoms with Crippen LogP contribution in [0.4, 0.5) is 0 Å². The molecule has 0 aliphatic carbocycles. The number of rotatable bonds is 8. The molecule has 0 aliphatic heterocycles. The third-order valence-corrected chi connectivity index (χ3v) is 2.60. The highest BCUT2D eigenvalue weighted by molar-refractivity contribution is 5.17. The van der Waals surface area contributed by atoms with E-state index in [1.807, 2.05) is 6.20 Å². The Morgan fingerprint density at radius 2 is 2.25 bits per heavy atom. The van der Waals surface area contributed by atoms with E-state index in [9.17, 15) is 0 Å². The van der Waals surface area contributed by atoms with E-state index in [1.54, 1.807) is 7.11 Å². The number of hydrogen-bond acceptors (Lipinski definition) is 3. The lowest BCUT2D eigenvalue weighted by molar-refractivity contribution is 0.199. The molecule has 0 aliphatic rings. The highest BCUT2D eigenvalue weighted by Gasteiger charge is 2.07. The van der Waals surface area contributed by atoms with Gasteiger partial charge < -0.3 is 10.1 Å². The maximum absolute atomic E-state index is 5.00. The molecule has 4 nitrogen and oxygen atoms in total. The maximum atomic E-state index is 5.00. The zero-order chi connectivity index (χ0) is 11.8. The standard InChI is InChI=1S/C12H23N3O/c1-4-7-15-12(5-2)11(10-14-15)9-13-6-8-16-3/h10,13H,4-9H2,1-3H3. The Bertz CT molecular complexity index is 296. The topological polar surface area (TPSA) is 39.1 Å². The van der Waals surface area contributed by atoms with E-state index in [0.29, 0.717) is 0 Å². The molecule has 0 amide bonds. The van der Waals surface area contributed by atoms with Crippen molar-refractivity contribution in [1.82, 2.24) is 15.1 Å². The second kappa shape index (κ2) is 7.41. The van der Waals surface area contributed by atoms with E-state index in [0.717, 1.165) is 39.1 Å². The van der Waals surface area contributed by atoms with E-state index < -0.39 is 0 Å². The first kappa shape index (κ1) is 13.2. The lowest BCUT2D eigenvalue weighted by atomic mass is 10.2. The minimum Gasteiger partial charge on any atom is -0.383 e. The summed E-state index contributed by atoms with van der Waals surface area (Å²) in [6, 6.07) is 0. The van der Waals surface area contributed by atoms with E-state index in [4.69, 9.17) is 4.74 Å². The van der Waals surface area contributed by atoms with Crippen LogP contribution < -0.4 is 5.32 Å². The lowest BCUT2D eigenvalue weighted by Gasteiger charge is -2.07. The van der Waals surface area contributed by atoms with Crippen LogP contribution in [0.3, 0.4) is 0 Å². The highest BCUT2D eigenvalue weighted by Crippen LogP contribution is 2.09. The Morgan fingerprint density at radius 3 is 2.88 bits per heavy atom. The first-order chi connectivity index (χ1) is 7.83. The van der Waals surface area contributed by atoms with Gasteiger partial charge in [-0.2, -0.15) is 5.10 Å². The highest BCUT2D eigenvalue weighted by atomic mass is 16.5. The number of aryl methyl sites for hydroxylation is 1. The van der Waals surface area contributed by atoms with Gasteiger partial charge in [0, 0.05) is 38.0 Å². The molecule has 1 N–H and O–H groups in total. The zero-order valence-electron chi connectivity index (χ0n) is 10.6. The number of ether oxygens (including phenoxy) is 1. The third-order valence-electron chi connectivity index (χ3n) is 2.60. The number of nitrogens with one attached hydrogen (secondary N) is 1. The first-order valence-corrected chi connectivity index (χ1v) is 6.06. The van der Waals surface area contributed by atoms with E-state index in [-0.39, 0.29) is 0 Å². The average molecular weight is 225 g/mol. The van der Waals surface area contributed by atoms with E-state index in [1.165, 1.54) is 11.3 Å². The van der Waals surface area contributed by atoms with Crippen LogP contribution in [0.1, 0.15) is 31.5 Å². The Kier molecular flexibility index (Phi) is 6.11. The zero-order valence-corrected chi connectivity index (χ0v) is 10.6. The van der Waals surface area contributed by atoms with Crippen molar-refractivity contribution >= 4 is 0 Å². The third kappa shape index (κ3) is 3.61. The molecule has 0 spiro atoms. The van der Waals surface area contributed by atoms with Gasteiger partial charge in [-0.15, -0.1) is 0 Å². The van der Waals surface area contributed by atoms with Crippen molar-refractivity contribution < 1.29 is 4.74 Å². The molecular formula is C12H23N3O. The lowest BCUT2D eigenvalue weighted by Crippen LogP contribution is -2.19. The molecule has 0 bridgehead atoms. The van der Waals surface area contributed by atoms with Gasteiger partial charge in [0.15, 0.2) is 0 Å². The molecule has 92 valence electrons. The van der Waals surface area contributed by atoms with Crippen LogP contribution in [0.5, 0.6) is 0 Å². The summed E-state index contributed by atoms with van der Waals surface area (Å²) in [5.41, 5.74) is 2.67. The van der Waals surface area contributed by atoms with Crippen molar-refractivity contribution in [2.75, 3.05) is 20.3 Å². The number of hydrogen-bond donors (Lipinski definition) is 1. The van der Waals surface area contributed by atoms with Crippen LogP contribution >= 0.6 is 0 Å². The smallest absolute Gasteiger partial charge is 0.0587 e. The van der Waals surface area contributed by atoms with Crippen LogP contribution in [-0.4, -0.2) is 30.0 Å². The maximum Gasteiger partial charge on any atom is 0.0587 e. The molecule has 0 radical (unpaired) electrons. The summed E-state index contributed by atoms with van der Waals surface area (Å²) in [4.78, 5) is 0. The van der Waals surface area contributed by atoms with Crippen molar-refractivity contribution in [3.63, 3.8) is 0 Å². The van der Waals surface area contributed by atoms with E-state index in [2.05, 4.69) is 28.9 Å². The fraction of sp³-hybridized carbons (Fsp3) is 0.750. The number of methoxy groups -OCH3 is 1. The van der Waals surface area contributed by atoms with Crippen LogP contribution in [0.2, 0.25) is 0 Å². The minimum absolute atomic E-state index is 0.755. The predicted molar refractivity (Wildman–Crippen MR) is 65.5 cm³/mol. The average Bonchev–Trinajstić information content (AvgIpc) is 2.67. The summed E-state index contributed by atoms with van der Waals surface area (Å²) in [7, 11) is 1.72. The van der Waals surface area contributed by atoms with Crippen LogP contribution in [0, 0.1) is 0 Å². The summed E-state index contributed by atoms with van der Waals surface area (Å²) in [6.45, 7) is 7.90. The van der Waals surface area contributed by atoms with Gasteiger partial charge in [-0.25, -0.2) is 0 Å². The molecule has 0 fully saturated rings. The van der Waals surface area contributed by atoms with Crippen LogP contribution in [0.25, 0.3) is 0 Å². The summed E-state index contributed by atoms with van der Waals surface area (Å²) < 4.78 is 7.12. The Labute approximate surface area is 98.0 Å². The molecule has 0 aromatic carbocycles. The summed E-state index contributed by atoms with van der Waals surface area (Å²) in [5.74, 6) is 0. The minimum atomic E-state index is 0.755. The van der Waals surface area contributed by atoms with Gasteiger partial charge in [0.05, 0.1) is 12.8 Å². The summed E-state index contributed by atoms with van der Waals surface area (Å²) in [5, 5.41) is 7.78. The first-order valence-electron chi connectivity index (χ1n) is 6.06. The van der Waals surface area contributed by atoms with Crippen molar-refractivity contribution in [2.24, 2.45) is 0 Å². The second-order valence-corrected chi connectivity index (χ2v) is 3.86. The largest absolute Gasteiger partial charge is 0.383 e. The second-order valence-electron chi connectivity index (χ2n) is 3.86. The molecular weight excluding hydrogens is 202 g/mol. The molecule has 0 unspecified atom stereocenters. The van der Waals surface area contributed by atoms with Gasteiger partial charge >= 0.3 is 0 Å². The predicted octanol–water partition coefficient (Wildman–Crippen LogP) is 1.59. The van der Waals surface area contributed by atoms with Gasteiger partial charge in [-0.3, -0.25) is 4.68 Å². The normalized spacial score (nSPS) is 10.9. The molecule has 0 saturated heterocycles. The fourth-order valence-electron chi connectivity index (χ4n) is 1.81. The van der Waals surface area contributed by atoms with Crippen LogP contribution in [0.15, 0.2) is 6.20 Å². The van der Waals surface area contributed by atoms with Crippen LogP contribution in [-0.2, 0) is 24.2 Å². The van der Waals surface area contributed by atoms with Crippen molar-refractivity contribution in [1.29, 1.82) is 0 Å². The molecule has 0 saturated carbocycles. The molecule has 1 heterocycles. The SMILES string of the molecule is CCCn1ncc(CNCCOC)c1CC. The Morgan fingerprint density at radius 1 is 1.44 bits per heavy atom. The number of nitrogens with zero attached hydrogens (tertiary/aromatic N) is 2. The molecule has 1 aromatic rings. The molecule has 0 atom stereocenters. The van der Waals surface area contributed by atoms with Gasteiger partial charge in [0.25, 0.3) is 0 Å².